The van der Waals surface area contributed by atoms with Gasteiger partial charge in [-0.1, -0.05) is 24.3 Å². The van der Waals surface area contributed by atoms with E-state index in [1.54, 1.807) is 0 Å². The molecule has 158 valence electrons. The lowest BCUT2D eigenvalue weighted by atomic mass is 10.0. The molecule has 0 radical (unpaired) electrons. The molecule has 0 spiro atoms. The summed E-state index contributed by atoms with van der Waals surface area (Å²) in [5.74, 6) is 0.935. The lowest BCUT2D eigenvalue weighted by molar-refractivity contribution is -0.218. The maximum absolute atomic E-state index is 6.31. The summed E-state index contributed by atoms with van der Waals surface area (Å²) in [5.41, 5.74) is 3.45. The highest BCUT2D eigenvalue weighted by Gasteiger charge is 2.56. The topological polar surface area (TPSA) is 58.6 Å². The zero-order valence-corrected chi connectivity index (χ0v) is 17.1. The summed E-state index contributed by atoms with van der Waals surface area (Å²) in [6.45, 7) is 6.01. The van der Waals surface area contributed by atoms with Gasteiger partial charge in [0, 0.05) is 24.3 Å². The first kappa shape index (κ1) is 18.4. The summed E-state index contributed by atoms with van der Waals surface area (Å²) >= 11 is 0. The molecule has 0 aliphatic carbocycles. The van der Waals surface area contributed by atoms with E-state index in [9.17, 15) is 0 Å². The van der Waals surface area contributed by atoms with Crippen LogP contribution in [0.3, 0.4) is 0 Å². The van der Waals surface area contributed by atoms with Gasteiger partial charge in [0.1, 0.15) is 18.3 Å². The predicted molar refractivity (Wildman–Crippen MR) is 107 cm³/mol. The number of para-hydroxylation sites is 1. The van der Waals surface area contributed by atoms with E-state index in [-0.39, 0.29) is 25.1 Å². The molecule has 4 heterocycles. The van der Waals surface area contributed by atoms with Gasteiger partial charge in [-0.2, -0.15) is 0 Å². The lowest BCUT2D eigenvalue weighted by Crippen LogP contribution is -2.44. The average molecular weight is 411 g/mol. The molecule has 7 nitrogen and oxygen atoms in total. The Balaban J connectivity index is 1.31. The number of ether oxygens (including phenoxy) is 6. The van der Waals surface area contributed by atoms with E-state index in [0.29, 0.717) is 13.2 Å². The van der Waals surface area contributed by atoms with Crippen LogP contribution in [0.5, 0.6) is 11.5 Å². The highest BCUT2D eigenvalue weighted by molar-refractivity contribution is 5.55. The number of anilines is 1. The minimum absolute atomic E-state index is 0.140. The molecule has 0 amide bonds. The third kappa shape index (κ3) is 3.13. The van der Waals surface area contributed by atoms with Crippen molar-refractivity contribution in [3.63, 3.8) is 0 Å². The van der Waals surface area contributed by atoms with Crippen molar-refractivity contribution < 1.29 is 28.4 Å². The molecule has 0 bridgehead atoms. The Morgan fingerprint density at radius 3 is 2.80 bits per heavy atom. The Labute approximate surface area is 175 Å². The molecule has 0 saturated carbocycles. The Kier molecular flexibility index (Phi) is 4.21. The fraction of sp³-hybridized carbons (Fsp3) is 0.478. The molecule has 2 fully saturated rings. The van der Waals surface area contributed by atoms with E-state index < -0.39 is 12.1 Å². The van der Waals surface area contributed by atoms with Crippen molar-refractivity contribution in [2.24, 2.45) is 0 Å². The highest BCUT2D eigenvalue weighted by atomic mass is 16.8. The van der Waals surface area contributed by atoms with Crippen LogP contribution in [0.2, 0.25) is 0 Å². The van der Waals surface area contributed by atoms with Gasteiger partial charge in [-0.15, -0.1) is 0 Å². The fourth-order valence-corrected chi connectivity index (χ4v) is 4.75. The quantitative estimate of drug-likeness (QED) is 0.752. The van der Waals surface area contributed by atoms with Crippen LogP contribution in [0, 0.1) is 0 Å². The van der Waals surface area contributed by atoms with Crippen LogP contribution in [0.25, 0.3) is 0 Å². The number of benzene rings is 2. The minimum Gasteiger partial charge on any atom is -0.454 e. The second-order valence-corrected chi connectivity index (χ2v) is 8.62. The van der Waals surface area contributed by atoms with Crippen LogP contribution in [-0.2, 0) is 32.1 Å². The van der Waals surface area contributed by atoms with Gasteiger partial charge in [-0.3, -0.25) is 0 Å². The fourth-order valence-electron chi connectivity index (χ4n) is 4.75. The molecular formula is C23H25NO6. The zero-order chi connectivity index (χ0) is 20.3. The van der Waals surface area contributed by atoms with Crippen LogP contribution in [0.1, 0.15) is 25.0 Å². The molecule has 7 heteroatoms. The van der Waals surface area contributed by atoms with Gasteiger partial charge in [-0.25, -0.2) is 0 Å². The molecule has 30 heavy (non-hydrogen) atoms. The number of nitrogens with zero attached hydrogens (tertiary/aromatic N) is 1. The van der Waals surface area contributed by atoms with Gasteiger partial charge >= 0.3 is 0 Å². The van der Waals surface area contributed by atoms with Crippen molar-refractivity contribution in [3.05, 3.63) is 53.6 Å². The molecule has 4 aliphatic heterocycles. The Bertz CT molecular complexity index is 962. The van der Waals surface area contributed by atoms with E-state index in [4.69, 9.17) is 28.4 Å². The van der Waals surface area contributed by atoms with Gasteiger partial charge in [0.05, 0.1) is 6.61 Å². The predicted octanol–water partition coefficient (Wildman–Crippen LogP) is 3.20. The Hall–Kier alpha value is -2.32. The van der Waals surface area contributed by atoms with E-state index in [2.05, 4.69) is 35.2 Å². The van der Waals surface area contributed by atoms with Crippen LogP contribution >= 0.6 is 0 Å². The SMILES string of the molecule is CC1(C)O[C@H]2O[C@@H]3CN(Cc4ccc5c(c4)OCO5)c4ccccc4CO[C@@H]3[C@H]2O1. The van der Waals surface area contributed by atoms with Crippen molar-refractivity contribution in [1.82, 2.24) is 0 Å². The summed E-state index contributed by atoms with van der Waals surface area (Å²) in [7, 11) is 0. The summed E-state index contributed by atoms with van der Waals surface area (Å²) in [5, 5.41) is 0. The third-order valence-corrected chi connectivity index (χ3v) is 6.06. The molecule has 2 saturated heterocycles. The van der Waals surface area contributed by atoms with Crippen LogP contribution in [-0.4, -0.2) is 43.7 Å². The van der Waals surface area contributed by atoms with Crippen molar-refractivity contribution in [1.29, 1.82) is 0 Å². The maximum Gasteiger partial charge on any atom is 0.231 e. The van der Waals surface area contributed by atoms with Gasteiger partial charge < -0.3 is 33.3 Å². The van der Waals surface area contributed by atoms with Crippen molar-refractivity contribution >= 4 is 5.69 Å². The van der Waals surface area contributed by atoms with E-state index in [1.165, 1.54) is 0 Å². The number of hydrogen-bond donors (Lipinski definition) is 0. The van der Waals surface area contributed by atoms with Crippen LogP contribution < -0.4 is 14.4 Å². The molecule has 0 N–H and O–H groups in total. The maximum atomic E-state index is 6.31. The van der Waals surface area contributed by atoms with Crippen molar-refractivity contribution in [2.75, 3.05) is 18.2 Å². The average Bonchev–Trinajstić information content (AvgIpc) is 3.37. The van der Waals surface area contributed by atoms with Crippen molar-refractivity contribution in [2.45, 2.75) is 57.4 Å². The highest BCUT2D eigenvalue weighted by Crippen LogP contribution is 2.41. The lowest BCUT2D eigenvalue weighted by Gasteiger charge is -2.35. The van der Waals surface area contributed by atoms with E-state index >= 15 is 0 Å². The molecule has 4 aliphatic rings. The number of hydrogen-bond acceptors (Lipinski definition) is 7. The monoisotopic (exact) mass is 411 g/mol. The first-order valence-electron chi connectivity index (χ1n) is 10.4. The standard InChI is InChI=1S/C23H25NO6/c1-23(2)29-21-20-19(28-22(21)30-23)11-24(16-6-4-3-5-15(16)12-25-20)10-14-7-8-17-18(9-14)27-13-26-17/h3-9,19-22H,10-13H2,1-2H3/t19-,20+,21-,22-/m1/s1. The van der Waals surface area contributed by atoms with Crippen LogP contribution in [0.4, 0.5) is 5.69 Å². The Morgan fingerprint density at radius 2 is 1.87 bits per heavy atom. The minimum atomic E-state index is -0.657. The van der Waals surface area contributed by atoms with E-state index in [0.717, 1.165) is 34.9 Å². The molecule has 0 aromatic heterocycles. The summed E-state index contributed by atoms with van der Waals surface area (Å²) < 4.78 is 35.6. The molecule has 2 aromatic carbocycles. The van der Waals surface area contributed by atoms with Crippen molar-refractivity contribution in [3.8, 4) is 11.5 Å². The summed E-state index contributed by atoms with van der Waals surface area (Å²) in [4.78, 5) is 2.35. The second kappa shape index (κ2) is 6.85. The molecular weight excluding hydrogens is 386 g/mol. The molecule has 6 rings (SSSR count). The van der Waals surface area contributed by atoms with E-state index in [1.807, 2.05) is 26.0 Å². The van der Waals surface area contributed by atoms with Gasteiger partial charge in [0.15, 0.2) is 23.6 Å². The normalized spacial score (nSPS) is 30.9. The largest absolute Gasteiger partial charge is 0.454 e. The van der Waals surface area contributed by atoms with Gasteiger partial charge in [-0.05, 0) is 37.6 Å². The molecule has 2 aromatic rings. The molecule has 0 unspecified atom stereocenters. The summed E-state index contributed by atoms with van der Waals surface area (Å²) in [6.07, 6.45) is -0.936. The zero-order valence-electron chi connectivity index (χ0n) is 17.1. The number of rotatable bonds is 2. The van der Waals surface area contributed by atoms with Gasteiger partial charge in [0.25, 0.3) is 0 Å². The van der Waals surface area contributed by atoms with Gasteiger partial charge in [0.2, 0.25) is 6.79 Å². The number of fused-ring (bicyclic) bond motifs is 5. The first-order chi connectivity index (χ1) is 14.6. The first-order valence-corrected chi connectivity index (χ1v) is 10.4. The van der Waals surface area contributed by atoms with Crippen LogP contribution in [0.15, 0.2) is 42.5 Å². The smallest absolute Gasteiger partial charge is 0.231 e. The second-order valence-electron chi connectivity index (χ2n) is 8.62. The third-order valence-electron chi connectivity index (χ3n) is 6.06. The summed E-state index contributed by atoms with van der Waals surface area (Å²) in [6, 6.07) is 14.5. The Morgan fingerprint density at radius 1 is 1.00 bits per heavy atom. The molecule has 4 atom stereocenters.